The van der Waals surface area contributed by atoms with E-state index in [-0.39, 0.29) is 11.9 Å². The SMILES string of the molecule is CCOC(=O)C1CCCc2sc(NCC(C)C(C)C)nc21. The maximum Gasteiger partial charge on any atom is 0.315 e. The standard InChI is InChI=1S/C16H26N2O2S/c1-5-20-15(19)12-7-6-8-13-14(12)18-16(21-13)17-9-11(4)10(2)3/h10-12H,5-9H2,1-4H3,(H,17,18). The number of hydrogen-bond acceptors (Lipinski definition) is 5. The second-order valence-corrected chi connectivity index (χ2v) is 7.21. The highest BCUT2D eigenvalue weighted by Gasteiger charge is 2.31. The summed E-state index contributed by atoms with van der Waals surface area (Å²) in [6.45, 7) is 9.92. The van der Waals surface area contributed by atoms with Crippen LogP contribution in [0.5, 0.6) is 0 Å². The van der Waals surface area contributed by atoms with Crippen LogP contribution in [0.15, 0.2) is 0 Å². The number of rotatable bonds is 6. The van der Waals surface area contributed by atoms with Gasteiger partial charge in [0.05, 0.1) is 12.3 Å². The van der Waals surface area contributed by atoms with Gasteiger partial charge in [0.2, 0.25) is 0 Å². The molecule has 1 aliphatic carbocycles. The van der Waals surface area contributed by atoms with E-state index >= 15 is 0 Å². The fraction of sp³-hybridized carbons (Fsp3) is 0.750. The summed E-state index contributed by atoms with van der Waals surface area (Å²) in [7, 11) is 0. The Kier molecular flexibility index (Phi) is 5.62. The van der Waals surface area contributed by atoms with E-state index in [9.17, 15) is 4.79 Å². The Balaban J connectivity index is 2.06. The number of nitrogens with zero attached hydrogens (tertiary/aromatic N) is 1. The predicted octanol–water partition coefficient (Wildman–Crippen LogP) is 3.83. The van der Waals surface area contributed by atoms with E-state index in [1.54, 1.807) is 11.3 Å². The molecule has 2 atom stereocenters. The van der Waals surface area contributed by atoms with Gasteiger partial charge in [-0.05, 0) is 38.0 Å². The van der Waals surface area contributed by atoms with Crippen LogP contribution in [0.25, 0.3) is 0 Å². The lowest BCUT2D eigenvalue weighted by Gasteiger charge is -2.19. The zero-order valence-electron chi connectivity index (χ0n) is 13.4. The van der Waals surface area contributed by atoms with Crippen molar-refractivity contribution in [1.82, 2.24) is 4.98 Å². The molecule has 0 aromatic carbocycles. The van der Waals surface area contributed by atoms with Crippen molar-refractivity contribution in [1.29, 1.82) is 0 Å². The van der Waals surface area contributed by atoms with Gasteiger partial charge in [-0.25, -0.2) is 4.98 Å². The summed E-state index contributed by atoms with van der Waals surface area (Å²) >= 11 is 1.70. The number of nitrogens with one attached hydrogen (secondary N) is 1. The van der Waals surface area contributed by atoms with Crippen LogP contribution in [0, 0.1) is 11.8 Å². The van der Waals surface area contributed by atoms with Crippen molar-refractivity contribution in [3.8, 4) is 0 Å². The monoisotopic (exact) mass is 310 g/mol. The summed E-state index contributed by atoms with van der Waals surface area (Å²) in [6, 6.07) is 0. The normalized spacial score (nSPS) is 19.2. The fourth-order valence-electron chi connectivity index (χ4n) is 2.45. The molecule has 4 nitrogen and oxygen atoms in total. The first-order valence-electron chi connectivity index (χ1n) is 7.93. The summed E-state index contributed by atoms with van der Waals surface area (Å²) in [5, 5.41) is 4.38. The van der Waals surface area contributed by atoms with E-state index in [1.165, 1.54) is 4.88 Å². The Hall–Kier alpha value is -1.10. The molecule has 1 heterocycles. The quantitative estimate of drug-likeness (QED) is 0.811. The maximum absolute atomic E-state index is 12.0. The van der Waals surface area contributed by atoms with E-state index in [4.69, 9.17) is 4.74 Å². The van der Waals surface area contributed by atoms with Gasteiger partial charge in [-0.3, -0.25) is 4.79 Å². The van der Waals surface area contributed by atoms with Crippen molar-refractivity contribution >= 4 is 22.4 Å². The second-order valence-electron chi connectivity index (χ2n) is 6.13. The first-order valence-corrected chi connectivity index (χ1v) is 8.74. The minimum absolute atomic E-state index is 0.120. The van der Waals surface area contributed by atoms with Crippen molar-refractivity contribution in [3.63, 3.8) is 0 Å². The van der Waals surface area contributed by atoms with Gasteiger partial charge in [0.1, 0.15) is 5.92 Å². The molecule has 0 bridgehead atoms. The molecule has 1 aromatic rings. The lowest BCUT2D eigenvalue weighted by atomic mass is 9.91. The Labute approximate surface area is 131 Å². The molecule has 0 saturated heterocycles. The third kappa shape index (κ3) is 3.96. The Bertz CT molecular complexity index is 485. The van der Waals surface area contributed by atoms with Crippen molar-refractivity contribution in [2.75, 3.05) is 18.5 Å². The highest BCUT2D eigenvalue weighted by atomic mass is 32.1. The smallest absolute Gasteiger partial charge is 0.315 e. The van der Waals surface area contributed by atoms with E-state index in [0.717, 1.165) is 36.6 Å². The number of carbonyl (C=O) groups excluding carboxylic acids is 1. The van der Waals surface area contributed by atoms with Crippen LogP contribution in [0.2, 0.25) is 0 Å². The van der Waals surface area contributed by atoms with Crippen LogP contribution in [0.4, 0.5) is 5.13 Å². The number of ether oxygens (including phenoxy) is 1. The number of fused-ring (bicyclic) bond motifs is 1. The van der Waals surface area contributed by atoms with Gasteiger partial charge in [0.15, 0.2) is 5.13 Å². The molecule has 2 unspecified atom stereocenters. The average Bonchev–Trinajstić information content (AvgIpc) is 2.87. The molecule has 1 aromatic heterocycles. The van der Waals surface area contributed by atoms with Crippen molar-refractivity contribution in [3.05, 3.63) is 10.6 Å². The van der Waals surface area contributed by atoms with Gasteiger partial charge in [0.25, 0.3) is 0 Å². The number of hydrogen-bond donors (Lipinski definition) is 1. The Morgan fingerprint density at radius 1 is 1.48 bits per heavy atom. The van der Waals surface area contributed by atoms with Crippen LogP contribution in [-0.2, 0) is 16.0 Å². The van der Waals surface area contributed by atoms with E-state index < -0.39 is 0 Å². The molecule has 0 fully saturated rings. The predicted molar refractivity (Wildman–Crippen MR) is 86.9 cm³/mol. The summed E-state index contributed by atoms with van der Waals surface area (Å²) in [5.41, 5.74) is 0.949. The van der Waals surface area contributed by atoms with Gasteiger partial charge < -0.3 is 10.1 Å². The topological polar surface area (TPSA) is 51.2 Å². The van der Waals surface area contributed by atoms with E-state index in [2.05, 4.69) is 31.1 Å². The number of carbonyl (C=O) groups is 1. The molecule has 0 saturated carbocycles. The lowest BCUT2D eigenvalue weighted by Crippen LogP contribution is -2.20. The number of esters is 1. The maximum atomic E-state index is 12.0. The first-order chi connectivity index (χ1) is 10.0. The molecule has 1 aliphatic rings. The molecule has 0 spiro atoms. The number of aromatic nitrogens is 1. The van der Waals surface area contributed by atoms with Gasteiger partial charge >= 0.3 is 5.97 Å². The highest BCUT2D eigenvalue weighted by Crippen LogP contribution is 2.37. The fourth-order valence-corrected chi connectivity index (χ4v) is 3.52. The third-order valence-electron chi connectivity index (χ3n) is 4.24. The van der Waals surface area contributed by atoms with Crippen LogP contribution in [0.1, 0.15) is 57.0 Å². The molecule has 0 amide bonds. The Morgan fingerprint density at radius 3 is 2.90 bits per heavy atom. The molecular weight excluding hydrogens is 284 g/mol. The highest BCUT2D eigenvalue weighted by molar-refractivity contribution is 7.15. The van der Waals surface area contributed by atoms with Crippen LogP contribution < -0.4 is 5.32 Å². The molecule has 0 radical (unpaired) electrons. The van der Waals surface area contributed by atoms with E-state index in [0.29, 0.717) is 18.4 Å². The number of thiazole rings is 1. The molecule has 118 valence electrons. The molecule has 0 aliphatic heterocycles. The second kappa shape index (κ2) is 7.25. The summed E-state index contributed by atoms with van der Waals surface area (Å²) < 4.78 is 5.18. The zero-order chi connectivity index (χ0) is 15.4. The van der Waals surface area contributed by atoms with Crippen LogP contribution >= 0.6 is 11.3 Å². The van der Waals surface area contributed by atoms with Crippen LogP contribution in [-0.4, -0.2) is 24.1 Å². The minimum atomic E-state index is -0.164. The molecule has 21 heavy (non-hydrogen) atoms. The van der Waals surface area contributed by atoms with Gasteiger partial charge in [-0.1, -0.05) is 20.8 Å². The minimum Gasteiger partial charge on any atom is -0.465 e. The van der Waals surface area contributed by atoms with Crippen molar-refractivity contribution < 1.29 is 9.53 Å². The zero-order valence-corrected chi connectivity index (χ0v) is 14.3. The number of aryl methyl sites for hydroxylation is 1. The average molecular weight is 310 g/mol. The van der Waals surface area contributed by atoms with Gasteiger partial charge in [-0.15, -0.1) is 11.3 Å². The molecule has 1 N–H and O–H groups in total. The first kappa shape index (κ1) is 16.3. The van der Waals surface area contributed by atoms with Gasteiger partial charge in [0, 0.05) is 11.4 Å². The molecule has 2 rings (SSSR count). The summed E-state index contributed by atoms with van der Waals surface area (Å²) in [4.78, 5) is 18.0. The number of anilines is 1. The van der Waals surface area contributed by atoms with Crippen molar-refractivity contribution in [2.24, 2.45) is 11.8 Å². The van der Waals surface area contributed by atoms with E-state index in [1.807, 2.05) is 6.92 Å². The third-order valence-corrected chi connectivity index (χ3v) is 5.33. The summed E-state index contributed by atoms with van der Waals surface area (Å²) in [5.74, 6) is 0.972. The van der Waals surface area contributed by atoms with Gasteiger partial charge in [-0.2, -0.15) is 0 Å². The van der Waals surface area contributed by atoms with Crippen LogP contribution in [0.3, 0.4) is 0 Å². The summed E-state index contributed by atoms with van der Waals surface area (Å²) in [6.07, 6.45) is 2.93. The lowest BCUT2D eigenvalue weighted by molar-refractivity contribution is -0.145. The molecule has 5 heteroatoms. The Morgan fingerprint density at radius 2 is 2.24 bits per heavy atom. The molecular formula is C16H26N2O2S. The largest absolute Gasteiger partial charge is 0.465 e. The van der Waals surface area contributed by atoms with Crippen molar-refractivity contribution in [2.45, 2.75) is 52.9 Å².